The number of fused-ring (bicyclic) bond motifs is 3. The molecule has 5 rings (SSSR count). The first kappa shape index (κ1) is 15.1. The van der Waals surface area contributed by atoms with Crippen LogP contribution in [0.15, 0.2) is 95.8 Å². The summed E-state index contributed by atoms with van der Waals surface area (Å²) in [5.41, 5.74) is 4.25. The Morgan fingerprint density at radius 1 is 0.731 bits per heavy atom. The van der Waals surface area contributed by atoms with Crippen LogP contribution in [0.2, 0.25) is 0 Å². The second kappa shape index (κ2) is 5.97. The third-order valence-corrected chi connectivity index (χ3v) is 5.56. The fraction of sp³-hybridized carbons (Fsp3) is 0. The van der Waals surface area contributed by atoms with Crippen LogP contribution in [0.5, 0.6) is 0 Å². The molecule has 0 fully saturated rings. The molecule has 3 aromatic carbocycles. The summed E-state index contributed by atoms with van der Waals surface area (Å²) in [5.74, 6) is 0. The number of para-hydroxylation sites is 2. The van der Waals surface area contributed by atoms with Crippen molar-refractivity contribution in [2.24, 2.45) is 0 Å². The molecule has 26 heavy (non-hydrogen) atoms. The van der Waals surface area contributed by atoms with E-state index in [-0.39, 0.29) is 4.74 Å². The molecule has 0 aliphatic carbocycles. The molecule has 0 amide bonds. The highest BCUT2D eigenvalue weighted by Crippen LogP contribution is 2.38. The Bertz CT molecular complexity index is 1280. The molecule has 5 aromatic rings. The molecule has 0 N–H and O–H groups in total. The van der Waals surface area contributed by atoms with Gasteiger partial charge in [0.2, 0.25) is 4.74 Å². The molecule has 0 atom stereocenters. The van der Waals surface area contributed by atoms with Crippen molar-refractivity contribution in [1.29, 1.82) is 0 Å². The molecule has 0 aliphatic rings. The lowest BCUT2D eigenvalue weighted by atomic mass is 10.0. The van der Waals surface area contributed by atoms with E-state index in [2.05, 4.69) is 47.0 Å². The van der Waals surface area contributed by atoms with Crippen LogP contribution >= 0.6 is 11.3 Å². The number of aromatic nitrogens is 1. The normalized spacial score (nSPS) is 11.2. The number of nitrogens with zero attached hydrogens (tertiary/aromatic N) is 1. The SMILES string of the molecule is O=c1cc(-c2ccccc2)c2c3ccccc3n(-c3ccccc3)c2s1. The summed E-state index contributed by atoms with van der Waals surface area (Å²) in [4.78, 5) is 13.5. The zero-order valence-electron chi connectivity index (χ0n) is 13.9. The molecule has 0 bridgehead atoms. The molecule has 3 heteroatoms. The Morgan fingerprint density at radius 2 is 1.38 bits per heavy atom. The topological polar surface area (TPSA) is 22.0 Å². The Kier molecular flexibility index (Phi) is 3.47. The molecule has 2 nitrogen and oxygen atoms in total. The van der Waals surface area contributed by atoms with Crippen molar-refractivity contribution in [1.82, 2.24) is 4.57 Å². The molecule has 0 spiro atoms. The van der Waals surface area contributed by atoms with Gasteiger partial charge in [-0.25, -0.2) is 0 Å². The second-order valence-corrected chi connectivity index (χ2v) is 7.21. The highest BCUT2D eigenvalue weighted by atomic mass is 32.1. The highest BCUT2D eigenvalue weighted by Gasteiger charge is 2.17. The number of hydrogen-bond donors (Lipinski definition) is 0. The maximum absolute atomic E-state index is 12.5. The lowest BCUT2D eigenvalue weighted by Crippen LogP contribution is -1.97. The quantitative estimate of drug-likeness (QED) is 0.389. The van der Waals surface area contributed by atoms with E-state index in [0.29, 0.717) is 0 Å². The summed E-state index contributed by atoms with van der Waals surface area (Å²) >= 11 is 1.31. The third-order valence-electron chi connectivity index (χ3n) is 4.66. The molecule has 0 unspecified atom stereocenters. The van der Waals surface area contributed by atoms with Gasteiger partial charge in [-0.15, -0.1) is 0 Å². The van der Waals surface area contributed by atoms with Crippen molar-refractivity contribution in [3.8, 4) is 16.8 Å². The Labute approximate surface area is 154 Å². The van der Waals surface area contributed by atoms with Crippen molar-refractivity contribution < 1.29 is 0 Å². The minimum atomic E-state index is 0.0661. The van der Waals surface area contributed by atoms with Crippen LogP contribution < -0.4 is 4.74 Å². The van der Waals surface area contributed by atoms with Gasteiger partial charge in [-0.3, -0.25) is 4.79 Å². The van der Waals surface area contributed by atoms with Gasteiger partial charge in [0.25, 0.3) is 0 Å². The fourth-order valence-corrected chi connectivity index (χ4v) is 4.55. The molecule has 2 heterocycles. The molecule has 0 saturated carbocycles. The molecule has 2 aromatic heterocycles. The van der Waals surface area contributed by atoms with Crippen molar-refractivity contribution in [3.63, 3.8) is 0 Å². The molecule has 124 valence electrons. The van der Waals surface area contributed by atoms with Gasteiger partial charge in [-0.05, 0) is 29.3 Å². The summed E-state index contributed by atoms with van der Waals surface area (Å²) in [6, 6.07) is 30.5. The predicted molar refractivity (Wildman–Crippen MR) is 110 cm³/mol. The molecule has 0 radical (unpaired) electrons. The Balaban J connectivity index is 2.01. The fourth-order valence-electron chi connectivity index (χ4n) is 3.57. The van der Waals surface area contributed by atoms with Gasteiger partial charge in [0, 0.05) is 22.5 Å². The van der Waals surface area contributed by atoms with Crippen molar-refractivity contribution in [2.45, 2.75) is 0 Å². The number of rotatable bonds is 2. The van der Waals surface area contributed by atoms with Crippen LogP contribution in [-0.2, 0) is 0 Å². The van der Waals surface area contributed by atoms with Crippen molar-refractivity contribution in [3.05, 3.63) is 101 Å². The van der Waals surface area contributed by atoms with Crippen molar-refractivity contribution >= 4 is 32.5 Å². The molecule has 0 saturated heterocycles. The average molecular weight is 353 g/mol. The number of benzene rings is 3. The van der Waals surface area contributed by atoms with E-state index in [1.807, 2.05) is 42.5 Å². The molecular weight excluding hydrogens is 338 g/mol. The van der Waals surface area contributed by atoms with E-state index < -0.39 is 0 Å². The Morgan fingerprint density at radius 3 is 2.15 bits per heavy atom. The van der Waals surface area contributed by atoms with E-state index in [4.69, 9.17) is 0 Å². The lowest BCUT2D eigenvalue weighted by Gasteiger charge is -2.07. The standard InChI is InChI=1S/C23H15NOS/c25-21-15-19(16-9-3-1-4-10-16)22-18-13-7-8-14-20(18)24(23(22)26-21)17-11-5-2-6-12-17/h1-15H. The van der Waals surface area contributed by atoms with Crippen LogP contribution in [0.1, 0.15) is 0 Å². The first-order chi connectivity index (χ1) is 12.8. The summed E-state index contributed by atoms with van der Waals surface area (Å²) in [6.07, 6.45) is 0. The van der Waals surface area contributed by atoms with Gasteiger partial charge in [0.05, 0.1) is 5.52 Å². The first-order valence-corrected chi connectivity index (χ1v) is 9.33. The zero-order chi connectivity index (χ0) is 17.5. The van der Waals surface area contributed by atoms with Gasteiger partial charge < -0.3 is 4.57 Å². The first-order valence-electron chi connectivity index (χ1n) is 8.51. The summed E-state index contributed by atoms with van der Waals surface area (Å²) < 4.78 is 2.26. The smallest absolute Gasteiger partial charge is 0.234 e. The summed E-state index contributed by atoms with van der Waals surface area (Å²) in [5, 5.41) is 2.31. The van der Waals surface area contributed by atoms with E-state index in [9.17, 15) is 4.79 Å². The van der Waals surface area contributed by atoms with Crippen molar-refractivity contribution in [2.75, 3.05) is 0 Å². The predicted octanol–water partition coefficient (Wildman–Crippen LogP) is 5.87. The second-order valence-electron chi connectivity index (χ2n) is 6.21. The summed E-state index contributed by atoms with van der Waals surface area (Å²) in [7, 11) is 0. The lowest BCUT2D eigenvalue weighted by molar-refractivity contribution is 1.19. The maximum atomic E-state index is 12.5. The largest absolute Gasteiger partial charge is 0.301 e. The minimum Gasteiger partial charge on any atom is -0.301 e. The van der Waals surface area contributed by atoms with E-state index in [1.54, 1.807) is 6.07 Å². The van der Waals surface area contributed by atoms with E-state index in [0.717, 1.165) is 32.5 Å². The van der Waals surface area contributed by atoms with Gasteiger partial charge in [0.1, 0.15) is 4.83 Å². The van der Waals surface area contributed by atoms with Crippen LogP contribution in [0.4, 0.5) is 0 Å². The van der Waals surface area contributed by atoms with Crippen LogP contribution in [0.25, 0.3) is 37.9 Å². The third kappa shape index (κ3) is 2.29. The summed E-state index contributed by atoms with van der Waals surface area (Å²) in [6.45, 7) is 0. The van der Waals surface area contributed by atoms with E-state index in [1.165, 1.54) is 16.7 Å². The molecule has 0 aliphatic heterocycles. The minimum absolute atomic E-state index is 0.0661. The van der Waals surface area contributed by atoms with Gasteiger partial charge in [0.15, 0.2) is 0 Å². The van der Waals surface area contributed by atoms with Crippen LogP contribution in [-0.4, -0.2) is 4.57 Å². The Hall–Kier alpha value is -3.17. The van der Waals surface area contributed by atoms with Crippen LogP contribution in [0.3, 0.4) is 0 Å². The van der Waals surface area contributed by atoms with Gasteiger partial charge in [-0.1, -0.05) is 78.1 Å². The maximum Gasteiger partial charge on any atom is 0.234 e. The number of hydrogen-bond acceptors (Lipinski definition) is 2. The van der Waals surface area contributed by atoms with Gasteiger partial charge >= 0.3 is 0 Å². The average Bonchev–Trinajstić information content (AvgIpc) is 3.02. The highest BCUT2D eigenvalue weighted by molar-refractivity contribution is 7.16. The monoisotopic (exact) mass is 353 g/mol. The van der Waals surface area contributed by atoms with E-state index >= 15 is 0 Å². The molecular formula is C23H15NOS. The zero-order valence-corrected chi connectivity index (χ0v) is 14.7. The van der Waals surface area contributed by atoms with Crippen LogP contribution in [0, 0.1) is 0 Å². The van der Waals surface area contributed by atoms with Gasteiger partial charge in [-0.2, -0.15) is 0 Å².